The van der Waals surface area contributed by atoms with E-state index in [1.54, 1.807) is 0 Å². The summed E-state index contributed by atoms with van der Waals surface area (Å²) in [6.07, 6.45) is 11.1. The molecule has 0 saturated carbocycles. The van der Waals surface area contributed by atoms with Crippen molar-refractivity contribution >= 4 is 15.9 Å². The first kappa shape index (κ1) is 17.7. The van der Waals surface area contributed by atoms with Crippen molar-refractivity contribution in [3.8, 4) is 0 Å². The van der Waals surface area contributed by atoms with Gasteiger partial charge in [-0.2, -0.15) is 0 Å². The lowest BCUT2D eigenvalue weighted by atomic mass is 9.98. The summed E-state index contributed by atoms with van der Waals surface area (Å²) in [5.41, 5.74) is 2.25. The van der Waals surface area contributed by atoms with Crippen LogP contribution in [-0.2, 0) is 0 Å². The Labute approximate surface area is 132 Å². The maximum absolute atomic E-state index is 10.3. The smallest absolute Gasteiger partial charge is 0.0793 e. The molecular formula is C18H29BrO. The summed E-state index contributed by atoms with van der Waals surface area (Å²) in [7, 11) is 0. The minimum atomic E-state index is -0.312. The average molecular weight is 341 g/mol. The van der Waals surface area contributed by atoms with Crippen molar-refractivity contribution in [3.05, 3.63) is 33.8 Å². The standard InChI is InChI=1S/C18H29BrO/c1-3-4-5-6-7-8-9-10-11-18(20)17-14-16(19)13-12-15(17)2/h12-14,18,20H,3-11H2,1-2H3. The van der Waals surface area contributed by atoms with Gasteiger partial charge in [0.1, 0.15) is 0 Å². The normalized spacial score (nSPS) is 12.6. The van der Waals surface area contributed by atoms with Crippen molar-refractivity contribution in [1.82, 2.24) is 0 Å². The second-order valence-corrected chi connectivity index (χ2v) is 6.70. The molecule has 1 N–H and O–H groups in total. The van der Waals surface area contributed by atoms with Crippen LogP contribution in [0.2, 0.25) is 0 Å². The van der Waals surface area contributed by atoms with E-state index in [0.29, 0.717) is 0 Å². The van der Waals surface area contributed by atoms with E-state index in [0.717, 1.165) is 22.9 Å². The molecule has 1 aromatic rings. The van der Waals surface area contributed by atoms with Crippen LogP contribution in [0.4, 0.5) is 0 Å². The third-order valence-corrected chi connectivity index (χ3v) is 4.42. The van der Waals surface area contributed by atoms with Crippen molar-refractivity contribution in [2.24, 2.45) is 0 Å². The van der Waals surface area contributed by atoms with Crippen molar-refractivity contribution in [2.45, 2.75) is 77.7 Å². The van der Waals surface area contributed by atoms with Crippen LogP contribution in [0.25, 0.3) is 0 Å². The largest absolute Gasteiger partial charge is 0.388 e. The summed E-state index contributed by atoms with van der Waals surface area (Å²) in [6, 6.07) is 6.14. The Kier molecular flexibility index (Phi) is 9.21. The quantitative estimate of drug-likeness (QED) is 0.494. The maximum atomic E-state index is 10.3. The molecule has 1 aromatic carbocycles. The lowest BCUT2D eigenvalue weighted by Crippen LogP contribution is -2.00. The third-order valence-electron chi connectivity index (χ3n) is 3.93. The van der Waals surface area contributed by atoms with Crippen LogP contribution >= 0.6 is 15.9 Å². The lowest BCUT2D eigenvalue weighted by molar-refractivity contribution is 0.162. The highest BCUT2D eigenvalue weighted by Gasteiger charge is 2.10. The minimum absolute atomic E-state index is 0.312. The minimum Gasteiger partial charge on any atom is -0.388 e. The van der Waals surface area contributed by atoms with Gasteiger partial charge < -0.3 is 5.11 Å². The Morgan fingerprint density at radius 3 is 2.25 bits per heavy atom. The van der Waals surface area contributed by atoms with Crippen molar-refractivity contribution in [3.63, 3.8) is 0 Å². The second-order valence-electron chi connectivity index (χ2n) is 5.78. The Morgan fingerprint density at radius 2 is 1.60 bits per heavy atom. The van der Waals surface area contributed by atoms with Gasteiger partial charge in [0, 0.05) is 4.47 Å². The van der Waals surface area contributed by atoms with Crippen LogP contribution in [-0.4, -0.2) is 5.11 Å². The van der Waals surface area contributed by atoms with Crippen LogP contribution < -0.4 is 0 Å². The number of rotatable bonds is 10. The highest BCUT2D eigenvalue weighted by atomic mass is 79.9. The molecule has 0 aliphatic carbocycles. The molecule has 0 saturated heterocycles. The molecule has 0 aromatic heterocycles. The summed E-state index contributed by atoms with van der Waals surface area (Å²) in [4.78, 5) is 0. The molecule has 0 fully saturated rings. The summed E-state index contributed by atoms with van der Waals surface area (Å²) < 4.78 is 1.05. The Hall–Kier alpha value is -0.340. The Balaban J connectivity index is 2.17. The van der Waals surface area contributed by atoms with Gasteiger partial charge in [0.2, 0.25) is 0 Å². The van der Waals surface area contributed by atoms with E-state index in [9.17, 15) is 5.11 Å². The van der Waals surface area contributed by atoms with E-state index in [1.807, 2.05) is 12.1 Å². The summed E-state index contributed by atoms with van der Waals surface area (Å²) in [5, 5.41) is 10.3. The molecule has 1 nitrogen and oxygen atoms in total. The van der Waals surface area contributed by atoms with Gasteiger partial charge in [-0.3, -0.25) is 0 Å². The predicted octanol–water partition coefficient (Wildman–Crippen LogP) is 6.32. The van der Waals surface area contributed by atoms with E-state index >= 15 is 0 Å². The number of unbranched alkanes of at least 4 members (excludes halogenated alkanes) is 7. The van der Waals surface area contributed by atoms with Crippen molar-refractivity contribution in [1.29, 1.82) is 0 Å². The number of aliphatic hydroxyl groups is 1. The molecule has 0 aliphatic rings. The van der Waals surface area contributed by atoms with Gasteiger partial charge in [-0.25, -0.2) is 0 Å². The molecule has 1 rings (SSSR count). The fourth-order valence-corrected chi connectivity index (χ4v) is 2.98. The first-order valence-electron chi connectivity index (χ1n) is 8.09. The Bertz CT molecular complexity index is 376. The number of halogens is 1. The first-order chi connectivity index (χ1) is 9.65. The number of benzene rings is 1. The summed E-state index contributed by atoms with van der Waals surface area (Å²) in [5.74, 6) is 0. The van der Waals surface area contributed by atoms with Gasteiger partial charge in [0.05, 0.1) is 6.10 Å². The second kappa shape index (κ2) is 10.4. The molecule has 2 heteroatoms. The molecule has 0 heterocycles. The fraction of sp³-hybridized carbons (Fsp3) is 0.667. The highest BCUT2D eigenvalue weighted by Crippen LogP contribution is 2.26. The Morgan fingerprint density at radius 1 is 1.00 bits per heavy atom. The zero-order valence-electron chi connectivity index (χ0n) is 13.0. The van der Waals surface area contributed by atoms with E-state index < -0.39 is 0 Å². The molecule has 0 aliphatic heterocycles. The van der Waals surface area contributed by atoms with Gasteiger partial charge in [-0.15, -0.1) is 0 Å². The number of hydrogen-bond donors (Lipinski definition) is 1. The molecule has 114 valence electrons. The van der Waals surface area contributed by atoms with Gasteiger partial charge >= 0.3 is 0 Å². The molecule has 20 heavy (non-hydrogen) atoms. The van der Waals surface area contributed by atoms with E-state index in [2.05, 4.69) is 35.8 Å². The van der Waals surface area contributed by atoms with E-state index in [-0.39, 0.29) is 6.10 Å². The topological polar surface area (TPSA) is 20.2 Å². The van der Waals surface area contributed by atoms with Gasteiger partial charge in [-0.1, -0.05) is 80.3 Å². The fourth-order valence-electron chi connectivity index (χ4n) is 2.60. The third kappa shape index (κ3) is 6.90. The van der Waals surface area contributed by atoms with Crippen molar-refractivity contribution < 1.29 is 5.11 Å². The van der Waals surface area contributed by atoms with Crippen LogP contribution in [0.3, 0.4) is 0 Å². The maximum Gasteiger partial charge on any atom is 0.0793 e. The monoisotopic (exact) mass is 340 g/mol. The van der Waals surface area contributed by atoms with Gasteiger partial charge in [0.25, 0.3) is 0 Å². The van der Waals surface area contributed by atoms with Crippen LogP contribution in [0, 0.1) is 6.92 Å². The van der Waals surface area contributed by atoms with Gasteiger partial charge in [-0.05, 0) is 36.6 Å². The zero-order valence-corrected chi connectivity index (χ0v) is 14.6. The number of hydrogen-bond acceptors (Lipinski definition) is 1. The first-order valence-corrected chi connectivity index (χ1v) is 8.88. The van der Waals surface area contributed by atoms with Crippen LogP contribution in [0.5, 0.6) is 0 Å². The van der Waals surface area contributed by atoms with E-state index in [4.69, 9.17) is 0 Å². The molecule has 0 amide bonds. The lowest BCUT2D eigenvalue weighted by Gasteiger charge is -2.14. The zero-order chi connectivity index (χ0) is 14.8. The average Bonchev–Trinajstić information content (AvgIpc) is 2.44. The molecule has 0 radical (unpaired) electrons. The molecule has 0 bridgehead atoms. The number of aryl methyl sites for hydroxylation is 1. The van der Waals surface area contributed by atoms with Crippen LogP contribution in [0.15, 0.2) is 22.7 Å². The highest BCUT2D eigenvalue weighted by molar-refractivity contribution is 9.10. The predicted molar refractivity (Wildman–Crippen MR) is 91.1 cm³/mol. The van der Waals surface area contributed by atoms with E-state index in [1.165, 1.54) is 50.5 Å². The summed E-state index contributed by atoms with van der Waals surface area (Å²) >= 11 is 3.48. The summed E-state index contributed by atoms with van der Waals surface area (Å²) in [6.45, 7) is 4.32. The number of aliphatic hydroxyl groups excluding tert-OH is 1. The molecular weight excluding hydrogens is 312 g/mol. The molecule has 1 atom stereocenters. The van der Waals surface area contributed by atoms with Gasteiger partial charge in [0.15, 0.2) is 0 Å². The SMILES string of the molecule is CCCCCCCCCCC(O)c1cc(Br)ccc1C. The molecule has 1 unspecified atom stereocenters. The molecule has 0 spiro atoms. The van der Waals surface area contributed by atoms with Crippen molar-refractivity contribution in [2.75, 3.05) is 0 Å². The van der Waals surface area contributed by atoms with Crippen LogP contribution in [0.1, 0.15) is 81.9 Å².